The minimum absolute atomic E-state index is 0.863. The van der Waals surface area contributed by atoms with Gasteiger partial charge >= 0.3 is 0 Å². The van der Waals surface area contributed by atoms with Crippen molar-refractivity contribution < 1.29 is 9.59 Å². The van der Waals surface area contributed by atoms with E-state index in [4.69, 9.17) is 0 Å². The van der Waals surface area contributed by atoms with Crippen LogP contribution in [0.3, 0.4) is 0 Å². The molecule has 2 aliphatic rings. The predicted molar refractivity (Wildman–Crippen MR) is 72.8 cm³/mol. The third-order valence-corrected chi connectivity index (χ3v) is 4.06. The molecule has 2 amide bonds. The Kier molecular flexibility index (Phi) is 5.60. The molecule has 0 radical (unpaired) electrons. The summed E-state index contributed by atoms with van der Waals surface area (Å²) in [4.78, 5) is 29.8. The molecule has 2 fully saturated rings. The molecular formula is C13H24N4O2. The van der Waals surface area contributed by atoms with Crippen LogP contribution in [0.4, 0.5) is 0 Å². The molecule has 6 nitrogen and oxygen atoms in total. The summed E-state index contributed by atoms with van der Waals surface area (Å²) in [5.74, 6) is 0. The van der Waals surface area contributed by atoms with Crippen molar-refractivity contribution in [3.63, 3.8) is 0 Å². The fourth-order valence-electron chi connectivity index (χ4n) is 2.70. The average molecular weight is 268 g/mol. The van der Waals surface area contributed by atoms with Crippen LogP contribution in [0.5, 0.6) is 0 Å². The first-order valence-corrected chi connectivity index (χ1v) is 7.15. The molecule has 0 saturated carbocycles. The lowest BCUT2D eigenvalue weighted by Crippen LogP contribution is -2.48. The van der Waals surface area contributed by atoms with E-state index in [0.29, 0.717) is 0 Å². The summed E-state index contributed by atoms with van der Waals surface area (Å²) in [7, 11) is 0. The Hall–Kier alpha value is -1.14. The van der Waals surface area contributed by atoms with Gasteiger partial charge in [-0.2, -0.15) is 0 Å². The van der Waals surface area contributed by atoms with Gasteiger partial charge in [0.2, 0.25) is 12.8 Å². The van der Waals surface area contributed by atoms with Crippen molar-refractivity contribution in [1.82, 2.24) is 19.6 Å². The van der Waals surface area contributed by atoms with Crippen LogP contribution in [-0.4, -0.2) is 97.9 Å². The minimum Gasteiger partial charge on any atom is -0.343 e. The lowest BCUT2D eigenvalue weighted by Gasteiger charge is -2.34. The van der Waals surface area contributed by atoms with Crippen LogP contribution in [0.2, 0.25) is 0 Å². The van der Waals surface area contributed by atoms with Crippen LogP contribution in [0.25, 0.3) is 0 Å². The molecule has 0 aromatic carbocycles. The van der Waals surface area contributed by atoms with Gasteiger partial charge in [0, 0.05) is 52.4 Å². The van der Waals surface area contributed by atoms with E-state index in [2.05, 4.69) is 9.80 Å². The number of carbonyl (C=O) groups excluding carboxylic acids is 2. The normalized spacial score (nSPS) is 22.5. The van der Waals surface area contributed by atoms with E-state index in [1.807, 2.05) is 9.80 Å². The number of carbonyl (C=O) groups is 2. The Balaban J connectivity index is 1.55. The van der Waals surface area contributed by atoms with Crippen molar-refractivity contribution in [3.8, 4) is 0 Å². The monoisotopic (exact) mass is 268 g/mol. The average Bonchev–Trinajstić information content (AvgIpc) is 2.49. The molecular weight excluding hydrogens is 244 g/mol. The number of piperazine rings is 2. The lowest BCUT2D eigenvalue weighted by atomic mass is 10.2. The molecule has 2 rings (SSSR count). The molecule has 2 aliphatic heterocycles. The first kappa shape index (κ1) is 14.3. The molecule has 0 unspecified atom stereocenters. The Morgan fingerprint density at radius 1 is 0.632 bits per heavy atom. The summed E-state index contributed by atoms with van der Waals surface area (Å²) in [5, 5.41) is 0. The SMILES string of the molecule is O=CN1CCN(CCCN2CCN(C=O)CC2)CC1. The minimum atomic E-state index is 0.863. The van der Waals surface area contributed by atoms with Crippen LogP contribution >= 0.6 is 0 Å². The molecule has 0 atom stereocenters. The van der Waals surface area contributed by atoms with E-state index >= 15 is 0 Å². The number of amides is 2. The molecule has 2 saturated heterocycles. The molecule has 0 aromatic rings. The summed E-state index contributed by atoms with van der Waals surface area (Å²) in [6, 6.07) is 0. The fraction of sp³-hybridized carbons (Fsp3) is 0.846. The molecule has 0 N–H and O–H groups in total. The molecule has 0 aliphatic carbocycles. The quantitative estimate of drug-likeness (QED) is 0.575. The summed E-state index contributed by atoms with van der Waals surface area (Å²) in [6.45, 7) is 9.66. The predicted octanol–water partition coefficient (Wildman–Crippen LogP) is -1.08. The van der Waals surface area contributed by atoms with E-state index in [1.54, 1.807) is 0 Å². The summed E-state index contributed by atoms with van der Waals surface area (Å²) < 4.78 is 0. The maximum atomic E-state index is 10.6. The van der Waals surface area contributed by atoms with E-state index in [9.17, 15) is 9.59 Å². The maximum Gasteiger partial charge on any atom is 0.209 e. The molecule has 2 heterocycles. The van der Waals surface area contributed by atoms with Gasteiger partial charge in [-0.3, -0.25) is 19.4 Å². The van der Waals surface area contributed by atoms with Gasteiger partial charge in [-0.25, -0.2) is 0 Å². The van der Waals surface area contributed by atoms with Crippen LogP contribution in [0.1, 0.15) is 6.42 Å². The van der Waals surface area contributed by atoms with Gasteiger partial charge in [-0.05, 0) is 19.5 Å². The number of rotatable bonds is 6. The van der Waals surface area contributed by atoms with Crippen molar-refractivity contribution in [1.29, 1.82) is 0 Å². The van der Waals surface area contributed by atoms with Crippen LogP contribution in [-0.2, 0) is 9.59 Å². The van der Waals surface area contributed by atoms with Gasteiger partial charge in [-0.1, -0.05) is 0 Å². The number of hydrogen-bond acceptors (Lipinski definition) is 4. The number of hydrogen-bond donors (Lipinski definition) is 0. The second-order valence-electron chi connectivity index (χ2n) is 5.32. The van der Waals surface area contributed by atoms with Crippen molar-refractivity contribution in [2.75, 3.05) is 65.4 Å². The smallest absolute Gasteiger partial charge is 0.209 e. The van der Waals surface area contributed by atoms with Crippen molar-refractivity contribution in [3.05, 3.63) is 0 Å². The first-order chi connectivity index (χ1) is 9.31. The first-order valence-electron chi connectivity index (χ1n) is 7.15. The summed E-state index contributed by atoms with van der Waals surface area (Å²) in [6.07, 6.45) is 3.07. The van der Waals surface area contributed by atoms with Gasteiger partial charge in [0.05, 0.1) is 0 Å². The fourth-order valence-corrected chi connectivity index (χ4v) is 2.70. The molecule has 6 heteroatoms. The zero-order valence-corrected chi connectivity index (χ0v) is 11.5. The Morgan fingerprint density at radius 3 is 1.32 bits per heavy atom. The third kappa shape index (κ3) is 4.47. The molecule has 0 bridgehead atoms. The highest BCUT2D eigenvalue weighted by Crippen LogP contribution is 2.03. The Morgan fingerprint density at radius 2 is 1.00 bits per heavy atom. The van der Waals surface area contributed by atoms with E-state index in [1.165, 1.54) is 6.42 Å². The largest absolute Gasteiger partial charge is 0.343 e. The van der Waals surface area contributed by atoms with Gasteiger partial charge in [-0.15, -0.1) is 0 Å². The summed E-state index contributed by atoms with van der Waals surface area (Å²) >= 11 is 0. The van der Waals surface area contributed by atoms with Crippen LogP contribution in [0.15, 0.2) is 0 Å². The zero-order valence-electron chi connectivity index (χ0n) is 11.5. The van der Waals surface area contributed by atoms with Crippen molar-refractivity contribution in [2.24, 2.45) is 0 Å². The standard InChI is InChI=1S/C13H24N4O2/c18-12-16-8-4-14(5-9-16)2-1-3-15-6-10-17(13-19)11-7-15/h12-13H,1-11H2. The van der Waals surface area contributed by atoms with E-state index in [-0.39, 0.29) is 0 Å². The Labute approximate surface area is 114 Å². The highest BCUT2D eigenvalue weighted by molar-refractivity contribution is 5.47. The van der Waals surface area contributed by atoms with Gasteiger partial charge in [0.1, 0.15) is 0 Å². The maximum absolute atomic E-state index is 10.6. The molecule has 108 valence electrons. The van der Waals surface area contributed by atoms with Crippen molar-refractivity contribution >= 4 is 12.8 Å². The van der Waals surface area contributed by atoms with Gasteiger partial charge in [0.25, 0.3) is 0 Å². The Bertz CT molecular complexity index is 256. The second kappa shape index (κ2) is 7.45. The van der Waals surface area contributed by atoms with E-state index < -0.39 is 0 Å². The molecule has 0 spiro atoms. The highest BCUT2D eigenvalue weighted by Gasteiger charge is 2.17. The zero-order chi connectivity index (χ0) is 13.5. The van der Waals surface area contributed by atoms with Crippen LogP contribution in [0, 0.1) is 0 Å². The van der Waals surface area contributed by atoms with E-state index in [0.717, 1.165) is 78.3 Å². The van der Waals surface area contributed by atoms with Crippen molar-refractivity contribution in [2.45, 2.75) is 6.42 Å². The molecule has 0 aromatic heterocycles. The topological polar surface area (TPSA) is 47.1 Å². The molecule has 19 heavy (non-hydrogen) atoms. The van der Waals surface area contributed by atoms with Gasteiger partial charge < -0.3 is 9.80 Å². The summed E-state index contributed by atoms with van der Waals surface area (Å²) in [5.41, 5.74) is 0. The number of nitrogens with zero attached hydrogens (tertiary/aromatic N) is 4. The van der Waals surface area contributed by atoms with Gasteiger partial charge in [0.15, 0.2) is 0 Å². The van der Waals surface area contributed by atoms with Crippen LogP contribution < -0.4 is 0 Å². The second-order valence-corrected chi connectivity index (χ2v) is 5.32. The third-order valence-electron chi connectivity index (χ3n) is 4.06. The highest BCUT2D eigenvalue weighted by atomic mass is 16.1. The lowest BCUT2D eigenvalue weighted by molar-refractivity contribution is -0.120.